The van der Waals surface area contributed by atoms with Crippen molar-refractivity contribution in [2.24, 2.45) is 5.92 Å². The third-order valence-electron chi connectivity index (χ3n) is 6.50. The highest BCUT2D eigenvalue weighted by molar-refractivity contribution is 7.89. The Morgan fingerprint density at radius 1 is 1.15 bits per heavy atom. The van der Waals surface area contributed by atoms with E-state index in [0.29, 0.717) is 12.0 Å². The normalized spacial score (nSPS) is 17.5. The summed E-state index contributed by atoms with van der Waals surface area (Å²) in [6, 6.07) is 11.0. The number of amides is 1. The maximum Gasteiger partial charge on any atom is 0.469 e. The van der Waals surface area contributed by atoms with Crippen molar-refractivity contribution in [1.29, 1.82) is 0 Å². The van der Waals surface area contributed by atoms with Crippen LogP contribution in [0, 0.1) is 16.0 Å². The zero-order chi connectivity index (χ0) is 30.4. The van der Waals surface area contributed by atoms with Gasteiger partial charge in [-0.2, -0.15) is 4.31 Å². The number of carbonyl (C=O) groups is 1. The monoisotopic (exact) mass is 615 g/mol. The summed E-state index contributed by atoms with van der Waals surface area (Å²) in [7, 11) is -9.63. The zero-order valence-electron chi connectivity index (χ0n) is 22.6. The van der Waals surface area contributed by atoms with Gasteiger partial charge in [0.2, 0.25) is 10.0 Å². The van der Waals surface area contributed by atoms with Crippen LogP contribution in [0.1, 0.15) is 25.8 Å². The van der Waals surface area contributed by atoms with Gasteiger partial charge in [-0.25, -0.2) is 17.8 Å². The lowest BCUT2D eigenvalue weighted by molar-refractivity contribution is -0.384. The van der Waals surface area contributed by atoms with Gasteiger partial charge < -0.3 is 19.6 Å². The first kappa shape index (κ1) is 32.6. The molecule has 1 heterocycles. The average Bonchev–Trinajstić information content (AvgIpc) is 3.41. The first-order valence-electron chi connectivity index (χ1n) is 12.8. The number of benzene rings is 2. The van der Waals surface area contributed by atoms with Crippen molar-refractivity contribution < 1.29 is 46.9 Å². The molecule has 1 amide bonds. The van der Waals surface area contributed by atoms with Crippen LogP contribution >= 0.6 is 7.82 Å². The first-order chi connectivity index (χ1) is 19.2. The molecule has 0 radical (unpaired) electrons. The molecule has 0 spiro atoms. The number of phosphoric ester groups is 1. The van der Waals surface area contributed by atoms with Crippen molar-refractivity contribution in [1.82, 2.24) is 9.21 Å². The number of carboxylic acid groups (broad SMARTS) is 1. The molecule has 2 aromatic carbocycles. The van der Waals surface area contributed by atoms with Crippen molar-refractivity contribution in [3.05, 3.63) is 70.3 Å². The number of phosphoric acid groups is 1. The summed E-state index contributed by atoms with van der Waals surface area (Å²) < 4.78 is 51.2. The predicted octanol–water partition coefficient (Wildman–Crippen LogP) is 3.10. The van der Waals surface area contributed by atoms with E-state index in [9.17, 15) is 42.8 Å². The number of sulfonamides is 1. The van der Waals surface area contributed by atoms with E-state index in [0.717, 1.165) is 33.5 Å². The Bertz CT molecular complexity index is 1330. The van der Waals surface area contributed by atoms with E-state index in [1.165, 1.54) is 0 Å². The SMILES string of the molecule is CC(C)CN(C[C@@H](OP(=O)(O)O)[C@H](Cc1ccccc1)N(C(=O)O)C1CCOC1)S(=O)(=O)c1ccc([N+](=O)[O-])cc1. The van der Waals surface area contributed by atoms with E-state index < -0.39 is 53.6 Å². The van der Waals surface area contributed by atoms with Crippen molar-refractivity contribution >= 4 is 29.6 Å². The highest BCUT2D eigenvalue weighted by Gasteiger charge is 2.42. The minimum absolute atomic E-state index is 0.0403. The number of nitrogens with zero attached hydrogens (tertiary/aromatic N) is 3. The van der Waals surface area contributed by atoms with Crippen LogP contribution in [0.15, 0.2) is 59.5 Å². The summed E-state index contributed by atoms with van der Waals surface area (Å²) in [5.74, 6) is -0.259. The summed E-state index contributed by atoms with van der Waals surface area (Å²) >= 11 is 0. The molecule has 0 bridgehead atoms. The lowest BCUT2D eigenvalue weighted by atomic mass is 9.97. The molecule has 226 valence electrons. The minimum Gasteiger partial charge on any atom is -0.465 e. The number of rotatable bonds is 14. The molecule has 2 aromatic rings. The summed E-state index contributed by atoms with van der Waals surface area (Å²) in [6.07, 6.45) is -2.70. The largest absolute Gasteiger partial charge is 0.469 e. The minimum atomic E-state index is -5.26. The number of nitro benzene ring substituents is 1. The molecule has 3 N–H and O–H groups in total. The lowest BCUT2D eigenvalue weighted by Gasteiger charge is -2.40. The van der Waals surface area contributed by atoms with E-state index >= 15 is 0 Å². The third kappa shape index (κ3) is 9.04. The Morgan fingerprint density at radius 3 is 2.27 bits per heavy atom. The van der Waals surface area contributed by atoms with Gasteiger partial charge in [0.25, 0.3) is 5.69 Å². The van der Waals surface area contributed by atoms with Crippen molar-refractivity contribution in [2.75, 3.05) is 26.3 Å². The van der Waals surface area contributed by atoms with Crippen LogP contribution in [0.4, 0.5) is 10.5 Å². The topological polar surface area (TPSA) is 197 Å². The highest BCUT2D eigenvalue weighted by atomic mass is 32.2. The maximum absolute atomic E-state index is 13.7. The van der Waals surface area contributed by atoms with Gasteiger partial charge in [-0.3, -0.25) is 19.5 Å². The van der Waals surface area contributed by atoms with E-state index in [4.69, 9.17) is 9.26 Å². The Balaban J connectivity index is 2.10. The number of hydrogen-bond donors (Lipinski definition) is 3. The standard InChI is InChI=1S/C25H34N3O11PS/c1-18(2)15-26(41(36,37)22-10-8-20(9-11-22)28(31)32)16-24(39-40(33,34)35)23(14-19-6-4-3-5-7-19)27(25(29)30)21-12-13-38-17-21/h3-11,18,21,23-24H,12-17H2,1-2H3,(H,29,30)(H2,33,34,35)/t21?,23-,24+/m0/s1. The Labute approximate surface area is 237 Å². The molecule has 1 aliphatic rings. The summed E-state index contributed by atoms with van der Waals surface area (Å²) in [4.78, 5) is 43.4. The van der Waals surface area contributed by atoms with Gasteiger partial charge in [-0.05, 0) is 36.5 Å². The Hall–Kier alpha value is -2.91. The van der Waals surface area contributed by atoms with Crippen LogP contribution in [0.2, 0.25) is 0 Å². The fourth-order valence-electron chi connectivity index (χ4n) is 4.74. The molecule has 1 saturated heterocycles. The average molecular weight is 616 g/mol. The maximum atomic E-state index is 13.7. The summed E-state index contributed by atoms with van der Waals surface area (Å²) in [6.45, 7) is 3.08. The third-order valence-corrected chi connectivity index (χ3v) is 8.90. The Kier molecular flexibility index (Phi) is 11.0. The number of nitro groups is 1. The lowest BCUT2D eigenvalue weighted by Crippen LogP contribution is -2.56. The zero-order valence-corrected chi connectivity index (χ0v) is 24.3. The highest BCUT2D eigenvalue weighted by Crippen LogP contribution is 2.40. The van der Waals surface area contributed by atoms with Gasteiger partial charge in [0.15, 0.2) is 0 Å². The second-order valence-corrected chi connectivity index (χ2v) is 13.2. The predicted molar refractivity (Wildman–Crippen MR) is 147 cm³/mol. The van der Waals surface area contributed by atoms with E-state index in [2.05, 4.69) is 0 Å². The molecule has 16 heteroatoms. The fourth-order valence-corrected chi connectivity index (χ4v) is 6.92. The van der Waals surface area contributed by atoms with Crippen molar-refractivity contribution in [3.63, 3.8) is 0 Å². The molecule has 3 rings (SSSR count). The first-order valence-corrected chi connectivity index (χ1v) is 15.8. The fraction of sp³-hybridized carbons (Fsp3) is 0.480. The second kappa shape index (κ2) is 13.8. The molecular weight excluding hydrogens is 581 g/mol. The number of ether oxygens (including phenoxy) is 1. The Morgan fingerprint density at radius 2 is 1.78 bits per heavy atom. The van der Waals surface area contributed by atoms with Crippen LogP contribution in [-0.2, 0) is 30.3 Å². The van der Waals surface area contributed by atoms with Crippen LogP contribution < -0.4 is 0 Å². The quantitative estimate of drug-likeness (QED) is 0.160. The van der Waals surface area contributed by atoms with Crippen molar-refractivity contribution in [3.8, 4) is 0 Å². The molecule has 0 aromatic heterocycles. The van der Waals surface area contributed by atoms with Gasteiger partial charge in [0, 0.05) is 31.8 Å². The molecular formula is C25H34N3O11PS. The van der Waals surface area contributed by atoms with Gasteiger partial charge in [-0.15, -0.1) is 0 Å². The molecule has 41 heavy (non-hydrogen) atoms. The van der Waals surface area contributed by atoms with Gasteiger partial charge in [-0.1, -0.05) is 44.2 Å². The molecule has 3 atom stereocenters. The van der Waals surface area contributed by atoms with E-state index in [-0.39, 0.29) is 42.7 Å². The second-order valence-electron chi connectivity index (χ2n) is 10.1. The summed E-state index contributed by atoms with van der Waals surface area (Å²) in [5.41, 5.74) is 0.316. The molecule has 0 saturated carbocycles. The van der Waals surface area contributed by atoms with E-state index in [1.54, 1.807) is 44.2 Å². The van der Waals surface area contributed by atoms with Crippen molar-refractivity contribution in [2.45, 2.75) is 49.8 Å². The summed E-state index contributed by atoms with van der Waals surface area (Å²) in [5, 5.41) is 21.3. The smallest absolute Gasteiger partial charge is 0.465 e. The van der Waals surface area contributed by atoms with Crippen LogP contribution in [-0.4, -0.2) is 88.0 Å². The molecule has 1 fully saturated rings. The van der Waals surface area contributed by atoms with Crippen LogP contribution in [0.3, 0.4) is 0 Å². The molecule has 1 unspecified atom stereocenters. The molecule has 1 aliphatic heterocycles. The van der Waals surface area contributed by atoms with Crippen LogP contribution in [0.25, 0.3) is 0 Å². The van der Waals surface area contributed by atoms with Gasteiger partial charge in [0.05, 0.1) is 28.5 Å². The van der Waals surface area contributed by atoms with E-state index in [1.807, 2.05) is 0 Å². The van der Waals surface area contributed by atoms with Crippen LogP contribution in [0.5, 0.6) is 0 Å². The number of non-ortho nitro benzene ring substituents is 1. The number of hydrogen-bond acceptors (Lipinski definition) is 8. The van der Waals surface area contributed by atoms with Gasteiger partial charge >= 0.3 is 13.9 Å². The van der Waals surface area contributed by atoms with Gasteiger partial charge in [0.1, 0.15) is 6.10 Å². The molecule has 14 nitrogen and oxygen atoms in total. The molecule has 0 aliphatic carbocycles.